The van der Waals surface area contributed by atoms with Crippen molar-refractivity contribution in [3.8, 4) is 45.9 Å². The maximum atomic E-state index is 9.67. The molecule has 21 rings (SSSR count). The fourth-order valence-electron chi connectivity index (χ4n) is 15.3. The molecule has 9 heterocycles. The second-order valence-electron chi connectivity index (χ2n) is 31.3. The summed E-state index contributed by atoms with van der Waals surface area (Å²) in [4.78, 5) is 27.9. The summed E-state index contributed by atoms with van der Waals surface area (Å²) in [5.41, 5.74) is 24.9. The van der Waals surface area contributed by atoms with E-state index in [9.17, 15) is 38.8 Å². The molecule has 1 aliphatic heterocycles. The van der Waals surface area contributed by atoms with Crippen molar-refractivity contribution in [3.63, 3.8) is 0 Å². The maximum absolute atomic E-state index is 9.67. The molecule has 0 saturated carbocycles. The molecule has 29 heteroatoms. The standard InChI is InChI=1S/C36H26N4.C17H16O.2C14H12N2.2C14H12O.3BF3.3Cu.3FH/c1-5-13-33-27(9-1)28-10-2-6-14-34(28)39(33)23-25-17-19-31(37-21-25)32-20-18-26(22-38-32)24-40-35-15-7-3-11-29(35)30-12-4-8-16-36(30)40;1-11-7-5-9-13-15(11)18-16-12(2)8-6-10-14(16)17(13,3)4;2*1-9-3-5-11-7-8-12-6-4-10(2)16-14(12)13(11)15-9;2*1-11-7-3-5-9-13(11)15-14-10-6-4-8-12(14)2;3*2-1(3)4;;;;;;/h1-22H,23-24H2;5-10H,1-2H2,3-4H3;2*3-8H,1-2H3;2*3-10H,1-2H2;;;;;;;3*1H/q;-2;;;2*-2;;;;3*+2;;;/p-3. The molecule has 0 bridgehead atoms. The Balaban J connectivity index is 0.000000228. The number of aryl methyl sites for hydroxylation is 4. The normalized spacial score (nSPS) is 10.7. The van der Waals surface area contributed by atoms with Gasteiger partial charge >= 0.3 is 73.8 Å². The van der Waals surface area contributed by atoms with Crippen molar-refractivity contribution in [1.29, 1.82) is 0 Å². The Morgan fingerprint density at radius 3 is 0.754 bits per heavy atom. The van der Waals surface area contributed by atoms with E-state index in [1.54, 1.807) is 0 Å². The van der Waals surface area contributed by atoms with Crippen LogP contribution in [0.4, 0.5) is 38.8 Å². The van der Waals surface area contributed by atoms with Gasteiger partial charge in [0.2, 0.25) is 0 Å². The summed E-state index contributed by atoms with van der Waals surface area (Å²) < 4.78 is 109. The minimum absolute atomic E-state index is 0. The average Bonchev–Trinajstić information content (AvgIpc) is 1.44. The molecule has 12 aromatic carbocycles. The molecular weight excluding hydrogens is 1920 g/mol. The molecular formula is C109H90B3Cu3F12N8O3-3. The Labute approximate surface area is 827 Å². The van der Waals surface area contributed by atoms with Gasteiger partial charge < -0.3 is 37.5 Å². The Hall–Kier alpha value is -14.3. The number of nitrogens with zero attached hydrogens (tertiary/aromatic N) is 8. The van der Waals surface area contributed by atoms with Crippen LogP contribution in [0.15, 0.2) is 340 Å². The van der Waals surface area contributed by atoms with E-state index in [-0.39, 0.29) is 70.7 Å². The summed E-state index contributed by atoms with van der Waals surface area (Å²) in [6.45, 7) is 37.7. The number of fused-ring (bicyclic) bond motifs is 14. The van der Waals surface area contributed by atoms with E-state index < -0.39 is 22.6 Å². The number of hydrogen-bond acceptors (Lipinski definition) is 9. The summed E-state index contributed by atoms with van der Waals surface area (Å²) in [6.07, 6.45) is 3.96. The molecule has 1 aliphatic rings. The molecule has 0 atom stereocenters. The second-order valence-corrected chi connectivity index (χ2v) is 31.3. The Kier molecular flexibility index (Phi) is 41.4. The molecule has 0 aliphatic carbocycles. The van der Waals surface area contributed by atoms with Crippen LogP contribution in [0.5, 0.6) is 34.5 Å². The quantitative estimate of drug-likeness (QED) is 0.0603. The van der Waals surface area contributed by atoms with Crippen LogP contribution in [-0.4, -0.2) is 61.7 Å². The Bertz CT molecular complexity index is 6640. The number of hydrogen-bond donors (Lipinski definition) is 0. The molecule has 0 unspecified atom stereocenters. The van der Waals surface area contributed by atoms with Crippen LogP contribution in [0, 0.1) is 69.2 Å². The zero-order valence-corrected chi connectivity index (χ0v) is 78.3. The molecule has 0 fully saturated rings. The van der Waals surface area contributed by atoms with Gasteiger partial charge in [0, 0.05) is 148 Å². The third-order valence-electron chi connectivity index (χ3n) is 21.6. The molecule has 20 aromatic rings. The van der Waals surface area contributed by atoms with Crippen LogP contribution < -0.4 is 28.3 Å². The van der Waals surface area contributed by atoms with E-state index in [1.165, 1.54) is 65.9 Å². The number of aromatic nitrogens is 8. The molecule has 138 heavy (non-hydrogen) atoms. The first kappa shape index (κ1) is 111. The van der Waals surface area contributed by atoms with Crippen LogP contribution >= 0.6 is 0 Å². The molecule has 11 nitrogen and oxygen atoms in total. The number of pyridine rings is 6. The number of ether oxygens (including phenoxy) is 3. The minimum Gasteiger partial charge on any atom is -1.00 e. The zero-order chi connectivity index (χ0) is 93.7. The first-order chi connectivity index (χ1) is 63.6. The van der Waals surface area contributed by atoms with Gasteiger partial charge in [-0.1, -0.05) is 219 Å². The molecule has 0 spiro atoms. The van der Waals surface area contributed by atoms with E-state index in [4.69, 9.17) is 24.2 Å². The predicted octanol–water partition coefficient (Wildman–Crippen LogP) is 21.1. The smallest absolute Gasteiger partial charge is 1.00 e. The van der Waals surface area contributed by atoms with Gasteiger partial charge in [-0.05, 0) is 105 Å². The summed E-state index contributed by atoms with van der Waals surface area (Å²) in [5, 5.41) is 9.74. The maximum Gasteiger partial charge on any atom is 2.00 e. The van der Waals surface area contributed by atoms with Gasteiger partial charge in [0.1, 0.15) is 0 Å². The van der Waals surface area contributed by atoms with Crippen LogP contribution in [0.25, 0.3) is 98.6 Å². The Morgan fingerprint density at radius 2 is 0.514 bits per heavy atom. The van der Waals surface area contributed by atoms with E-state index >= 15 is 0 Å². The van der Waals surface area contributed by atoms with Crippen molar-refractivity contribution in [2.75, 3.05) is 0 Å². The first-order valence-electron chi connectivity index (χ1n) is 42.0. The summed E-state index contributed by atoms with van der Waals surface area (Å²) in [6, 6.07) is 111. The van der Waals surface area contributed by atoms with Crippen LogP contribution in [-0.2, 0) is 69.7 Å². The van der Waals surface area contributed by atoms with Gasteiger partial charge in [-0.15, -0.1) is 36.4 Å². The van der Waals surface area contributed by atoms with E-state index in [2.05, 4.69) is 266 Å². The molecule has 3 radical (unpaired) electrons. The Morgan fingerprint density at radius 1 is 0.290 bits per heavy atom. The molecule has 713 valence electrons. The fraction of sp³-hybridized carbons (Fsp3) is 0.0826. The molecule has 8 aromatic heterocycles. The van der Waals surface area contributed by atoms with Crippen molar-refractivity contribution in [3.05, 3.63) is 460 Å². The summed E-state index contributed by atoms with van der Waals surface area (Å²) in [7, 11) is -11.0. The van der Waals surface area contributed by atoms with Crippen LogP contribution in [0.3, 0.4) is 0 Å². The predicted molar refractivity (Wildman–Crippen MR) is 523 cm³/mol. The monoisotopic (exact) mass is 2010 g/mol. The molecule has 0 amide bonds. The topological polar surface area (TPSA) is 115 Å². The summed E-state index contributed by atoms with van der Waals surface area (Å²) in [5.74, 6) is 4.85. The van der Waals surface area contributed by atoms with Crippen molar-refractivity contribution < 1.29 is 118 Å². The third kappa shape index (κ3) is 28.0. The van der Waals surface area contributed by atoms with Crippen molar-refractivity contribution in [1.82, 2.24) is 39.0 Å². The largest absolute Gasteiger partial charge is 2.00 e. The SMILES string of the molecule is Cc1ccc2ccc3ccc(C)nc3c2n1.Cc1ccc2ccc3ccc(C)nc3c2n1.FB(F)F.FB(F)F.FB(F)F.[CH2-]c1cccc2c1Oc1c([CH2-])cccc1C2(C)C.[CH2-]c1ccccc1Oc1ccccc1[CH2-].[CH2-]c1ccccc1Oc1ccccc1[CH2-].[Cu+2].[Cu+2].[Cu+2].[F-].[F-].[F-].c1ccc2c(c1)c1ccccc1n2Cc1ccc(-c2ccc(Cn3c4ccccc4c4ccccc43)cn2)nc1. The van der Waals surface area contributed by atoms with E-state index in [0.717, 1.165) is 159 Å². The summed E-state index contributed by atoms with van der Waals surface area (Å²) >= 11 is 0. The van der Waals surface area contributed by atoms with Crippen molar-refractivity contribution in [2.45, 2.75) is 60.0 Å². The van der Waals surface area contributed by atoms with Crippen LogP contribution in [0.2, 0.25) is 0 Å². The van der Waals surface area contributed by atoms with Crippen LogP contribution in [0.1, 0.15) is 92.3 Å². The fourth-order valence-corrected chi connectivity index (χ4v) is 15.3. The van der Waals surface area contributed by atoms with Gasteiger partial charge in [0.05, 0.1) is 33.5 Å². The van der Waals surface area contributed by atoms with Crippen molar-refractivity contribution in [2.24, 2.45) is 0 Å². The number of halogens is 12. The van der Waals surface area contributed by atoms with Gasteiger partial charge in [-0.2, -0.15) is 111 Å². The number of rotatable bonds is 9. The average molecular weight is 2010 g/mol. The van der Waals surface area contributed by atoms with Gasteiger partial charge in [-0.25, -0.2) is 0 Å². The van der Waals surface area contributed by atoms with Crippen molar-refractivity contribution >= 4 is 110 Å². The van der Waals surface area contributed by atoms with Gasteiger partial charge in [0.15, 0.2) is 0 Å². The zero-order valence-electron chi connectivity index (χ0n) is 75.5. The number of para-hydroxylation sites is 10. The third-order valence-corrected chi connectivity index (χ3v) is 21.6. The second kappa shape index (κ2) is 51.6. The number of benzene rings is 12. The first-order valence-corrected chi connectivity index (χ1v) is 42.0. The van der Waals surface area contributed by atoms with E-state index in [0.29, 0.717) is 0 Å². The van der Waals surface area contributed by atoms with E-state index in [1.807, 2.05) is 186 Å². The molecule has 0 saturated heterocycles. The minimum atomic E-state index is -3.67. The van der Waals surface area contributed by atoms with Gasteiger partial charge in [0.25, 0.3) is 0 Å². The van der Waals surface area contributed by atoms with Gasteiger partial charge in [-0.3, -0.25) is 68.7 Å². The molecule has 0 N–H and O–H groups in total.